The lowest BCUT2D eigenvalue weighted by Gasteiger charge is -1.96. The van der Waals surface area contributed by atoms with Crippen LogP contribution in [0.2, 0.25) is 0 Å². The van der Waals surface area contributed by atoms with Crippen LogP contribution < -0.4 is 5.32 Å². The van der Waals surface area contributed by atoms with Gasteiger partial charge in [-0.2, -0.15) is 0 Å². The first-order chi connectivity index (χ1) is 10.7. The molecule has 22 heavy (non-hydrogen) atoms. The van der Waals surface area contributed by atoms with E-state index in [4.69, 9.17) is 0 Å². The van der Waals surface area contributed by atoms with Crippen LogP contribution in [-0.2, 0) is 4.79 Å². The van der Waals surface area contributed by atoms with Gasteiger partial charge in [-0.05, 0) is 24.3 Å². The van der Waals surface area contributed by atoms with Gasteiger partial charge in [0.05, 0.1) is 10.5 Å². The summed E-state index contributed by atoms with van der Waals surface area (Å²) in [5.74, 6) is -0.173. The highest BCUT2D eigenvalue weighted by Gasteiger charge is 2.22. The normalized spacial score (nSPS) is 15.1. The molecule has 0 radical (unpaired) electrons. The maximum absolute atomic E-state index is 11.9. The average molecular weight is 292 g/mol. The van der Waals surface area contributed by atoms with Crippen molar-refractivity contribution < 1.29 is 9.72 Å². The van der Waals surface area contributed by atoms with Gasteiger partial charge in [-0.3, -0.25) is 14.9 Å². The number of nitrogens with zero attached hydrogens (tertiary/aromatic N) is 1. The van der Waals surface area contributed by atoms with Crippen LogP contribution in [0.1, 0.15) is 11.1 Å². The number of amides is 1. The second kappa shape index (κ2) is 5.65. The van der Waals surface area contributed by atoms with E-state index in [0.29, 0.717) is 11.1 Å². The van der Waals surface area contributed by atoms with Crippen molar-refractivity contribution in [1.29, 1.82) is 0 Å². The number of benzene rings is 2. The van der Waals surface area contributed by atoms with Crippen molar-refractivity contribution in [2.45, 2.75) is 0 Å². The second-order valence-corrected chi connectivity index (χ2v) is 4.76. The number of allylic oxidation sites excluding steroid dienone is 2. The number of nitrogens with one attached hydrogen (secondary N) is 1. The van der Waals surface area contributed by atoms with E-state index in [0.717, 1.165) is 11.3 Å². The molecule has 0 bridgehead atoms. The van der Waals surface area contributed by atoms with Gasteiger partial charge in [0.15, 0.2) is 0 Å². The molecule has 0 aliphatic carbocycles. The number of fused-ring (bicyclic) bond motifs is 1. The van der Waals surface area contributed by atoms with E-state index in [-0.39, 0.29) is 11.6 Å². The summed E-state index contributed by atoms with van der Waals surface area (Å²) >= 11 is 0. The molecule has 0 aromatic heterocycles. The van der Waals surface area contributed by atoms with Crippen LogP contribution in [0, 0.1) is 10.1 Å². The third kappa shape index (κ3) is 2.52. The quantitative estimate of drug-likeness (QED) is 0.533. The van der Waals surface area contributed by atoms with Crippen LogP contribution in [0.3, 0.4) is 0 Å². The van der Waals surface area contributed by atoms with E-state index >= 15 is 0 Å². The Labute approximate surface area is 126 Å². The number of carbonyl (C=O) groups is 1. The Bertz CT molecular complexity index is 822. The van der Waals surface area contributed by atoms with Crippen LogP contribution in [-0.4, -0.2) is 10.8 Å². The van der Waals surface area contributed by atoms with Crippen molar-refractivity contribution in [2.75, 3.05) is 5.32 Å². The Morgan fingerprint density at radius 2 is 1.77 bits per heavy atom. The van der Waals surface area contributed by atoms with Crippen molar-refractivity contribution in [3.8, 4) is 0 Å². The van der Waals surface area contributed by atoms with Crippen molar-refractivity contribution in [3.05, 3.63) is 81.9 Å². The number of anilines is 1. The molecule has 0 saturated heterocycles. The second-order valence-electron chi connectivity index (χ2n) is 4.76. The molecule has 0 atom stereocenters. The van der Waals surface area contributed by atoms with E-state index in [9.17, 15) is 14.9 Å². The fourth-order valence-electron chi connectivity index (χ4n) is 2.35. The van der Waals surface area contributed by atoms with E-state index in [1.807, 2.05) is 24.3 Å². The van der Waals surface area contributed by atoms with Crippen LogP contribution in [0.25, 0.3) is 11.6 Å². The summed E-state index contributed by atoms with van der Waals surface area (Å²) in [6.45, 7) is 0. The summed E-state index contributed by atoms with van der Waals surface area (Å²) < 4.78 is 0. The summed E-state index contributed by atoms with van der Waals surface area (Å²) in [6.07, 6.45) is 4.94. The topological polar surface area (TPSA) is 72.2 Å². The van der Waals surface area contributed by atoms with Crippen LogP contribution >= 0.6 is 0 Å². The minimum atomic E-state index is -0.426. The molecule has 3 rings (SSSR count). The summed E-state index contributed by atoms with van der Waals surface area (Å²) in [5.41, 5.74) is 2.69. The lowest BCUT2D eigenvalue weighted by molar-refractivity contribution is -0.385. The number of nitro benzene ring substituents is 1. The molecule has 0 unspecified atom stereocenters. The number of hydrogen-bond donors (Lipinski definition) is 1. The van der Waals surface area contributed by atoms with Crippen molar-refractivity contribution in [1.82, 2.24) is 0 Å². The highest BCUT2D eigenvalue weighted by atomic mass is 16.6. The molecule has 1 heterocycles. The SMILES string of the molecule is O=C1Nc2ccccc2/C1=C/C=C/c1ccccc1[N+](=O)[O-]. The fraction of sp³-hybridized carbons (Fsp3) is 0. The first-order valence-corrected chi connectivity index (χ1v) is 6.69. The van der Waals surface area contributed by atoms with E-state index in [2.05, 4.69) is 5.32 Å². The number of nitro groups is 1. The minimum Gasteiger partial charge on any atom is -0.321 e. The van der Waals surface area contributed by atoms with Gasteiger partial charge in [0.2, 0.25) is 0 Å². The Hall–Kier alpha value is -3.21. The Balaban J connectivity index is 1.92. The lowest BCUT2D eigenvalue weighted by Crippen LogP contribution is -2.03. The third-order valence-electron chi connectivity index (χ3n) is 3.38. The first kappa shape index (κ1) is 13.8. The molecule has 1 aliphatic heterocycles. The molecule has 0 saturated carbocycles. The fourth-order valence-corrected chi connectivity index (χ4v) is 2.35. The highest BCUT2D eigenvalue weighted by Crippen LogP contribution is 2.31. The average Bonchev–Trinajstić information content (AvgIpc) is 2.83. The van der Waals surface area contributed by atoms with Gasteiger partial charge in [0.25, 0.3) is 11.6 Å². The molecular formula is C17H12N2O3. The number of rotatable bonds is 3. The smallest absolute Gasteiger partial charge is 0.276 e. The minimum absolute atomic E-state index is 0.0356. The Morgan fingerprint density at radius 3 is 2.59 bits per heavy atom. The standard InChI is InChI=1S/C17H12N2O3/c20-17-14(13-8-2-3-10-15(13)18-17)9-5-7-12-6-1-4-11-16(12)19(21)22/h1-11H,(H,18,20)/b7-5+,14-9-. The largest absolute Gasteiger partial charge is 0.321 e. The first-order valence-electron chi connectivity index (χ1n) is 6.69. The third-order valence-corrected chi connectivity index (χ3v) is 3.38. The zero-order valence-electron chi connectivity index (χ0n) is 11.5. The monoisotopic (exact) mass is 292 g/mol. The molecule has 5 nitrogen and oxygen atoms in total. The molecule has 1 amide bonds. The van der Waals surface area contributed by atoms with Crippen molar-refractivity contribution in [2.24, 2.45) is 0 Å². The summed E-state index contributed by atoms with van der Waals surface area (Å²) in [7, 11) is 0. The van der Waals surface area contributed by atoms with E-state index < -0.39 is 4.92 Å². The van der Waals surface area contributed by atoms with Gasteiger partial charge < -0.3 is 5.32 Å². The molecule has 1 aliphatic rings. The summed E-state index contributed by atoms with van der Waals surface area (Å²) in [4.78, 5) is 22.5. The van der Waals surface area contributed by atoms with Gasteiger partial charge >= 0.3 is 0 Å². The van der Waals surface area contributed by atoms with Crippen molar-refractivity contribution in [3.63, 3.8) is 0 Å². The van der Waals surface area contributed by atoms with Crippen LogP contribution in [0.5, 0.6) is 0 Å². The zero-order chi connectivity index (χ0) is 15.5. The van der Waals surface area contributed by atoms with E-state index in [1.54, 1.807) is 36.4 Å². The van der Waals surface area contributed by atoms with Gasteiger partial charge in [-0.15, -0.1) is 0 Å². The lowest BCUT2D eigenvalue weighted by atomic mass is 10.1. The predicted molar refractivity (Wildman–Crippen MR) is 85.2 cm³/mol. The van der Waals surface area contributed by atoms with Gasteiger partial charge in [-0.25, -0.2) is 0 Å². The number of para-hydroxylation sites is 2. The van der Waals surface area contributed by atoms with Gasteiger partial charge in [0, 0.05) is 22.9 Å². The van der Waals surface area contributed by atoms with Gasteiger partial charge in [-0.1, -0.05) is 36.4 Å². The number of carbonyl (C=O) groups excluding carboxylic acids is 1. The molecule has 0 spiro atoms. The summed E-state index contributed by atoms with van der Waals surface area (Å²) in [5, 5.41) is 13.7. The van der Waals surface area contributed by atoms with E-state index in [1.165, 1.54) is 6.07 Å². The zero-order valence-corrected chi connectivity index (χ0v) is 11.5. The molecule has 2 aromatic carbocycles. The molecule has 5 heteroatoms. The molecule has 108 valence electrons. The Morgan fingerprint density at radius 1 is 1.05 bits per heavy atom. The summed E-state index contributed by atoms with van der Waals surface area (Å²) in [6, 6.07) is 13.9. The Kier molecular flexibility index (Phi) is 3.53. The number of hydrogen-bond acceptors (Lipinski definition) is 3. The molecular weight excluding hydrogens is 280 g/mol. The van der Waals surface area contributed by atoms with Crippen LogP contribution in [0.4, 0.5) is 11.4 Å². The highest BCUT2D eigenvalue weighted by molar-refractivity contribution is 6.31. The molecule has 0 fully saturated rings. The van der Waals surface area contributed by atoms with Gasteiger partial charge in [0.1, 0.15) is 0 Å². The molecule has 1 N–H and O–H groups in total. The maximum Gasteiger partial charge on any atom is 0.276 e. The molecule has 2 aromatic rings. The van der Waals surface area contributed by atoms with Crippen molar-refractivity contribution >= 4 is 28.9 Å². The maximum atomic E-state index is 11.9. The predicted octanol–water partition coefficient (Wildman–Crippen LogP) is 3.64. The van der Waals surface area contributed by atoms with Crippen LogP contribution in [0.15, 0.2) is 60.7 Å².